The van der Waals surface area contributed by atoms with Crippen molar-refractivity contribution in [1.29, 1.82) is 0 Å². The third kappa shape index (κ3) is 5.18. The third-order valence-electron chi connectivity index (χ3n) is 5.53. The van der Waals surface area contributed by atoms with Crippen molar-refractivity contribution in [2.75, 3.05) is 20.1 Å². The molecule has 0 aliphatic heterocycles. The summed E-state index contributed by atoms with van der Waals surface area (Å²) in [5.74, 6) is 0.218. The number of rotatable bonds is 9. The van der Waals surface area contributed by atoms with Gasteiger partial charge in [0.15, 0.2) is 0 Å². The highest BCUT2D eigenvalue weighted by Gasteiger charge is 2.29. The lowest BCUT2D eigenvalue weighted by molar-refractivity contribution is -0.123. The average Bonchev–Trinajstić information content (AvgIpc) is 3.38. The van der Waals surface area contributed by atoms with Crippen LogP contribution in [0.1, 0.15) is 53.4 Å². The first kappa shape index (κ1) is 19.2. The molecule has 2 N–H and O–H groups in total. The molecule has 1 saturated carbocycles. The second-order valence-electron chi connectivity index (χ2n) is 7.47. The maximum Gasteiger partial charge on any atom is 0.227 e. The van der Waals surface area contributed by atoms with E-state index >= 15 is 0 Å². The van der Waals surface area contributed by atoms with Gasteiger partial charge in [0.25, 0.3) is 0 Å². The number of hydrogen-bond donors (Lipinski definition) is 2. The summed E-state index contributed by atoms with van der Waals surface area (Å²) >= 11 is 0. The number of likely N-dealkylation sites (N-methyl/N-ethyl adjacent to an activating group) is 1. The lowest BCUT2D eigenvalue weighted by Crippen LogP contribution is -2.39. The van der Waals surface area contributed by atoms with Crippen molar-refractivity contribution in [3.63, 3.8) is 0 Å². The molecule has 2 rings (SSSR count). The lowest BCUT2D eigenvalue weighted by Gasteiger charge is -2.32. The Bertz CT molecular complexity index is 493. The van der Waals surface area contributed by atoms with Gasteiger partial charge in [-0.15, -0.1) is 0 Å². The van der Waals surface area contributed by atoms with Crippen molar-refractivity contribution < 1.29 is 4.79 Å². The Balaban J connectivity index is 1.94. The summed E-state index contributed by atoms with van der Waals surface area (Å²) in [6, 6.07) is 1.39. The zero-order chi connectivity index (χ0) is 17.7. The van der Waals surface area contributed by atoms with Crippen LogP contribution in [0.2, 0.25) is 0 Å². The normalized spacial score (nSPS) is 23.5. The van der Waals surface area contributed by atoms with Gasteiger partial charge in [-0.2, -0.15) is 0 Å². The standard InChI is InChI=1S/C20H35N3O/c1-6-23(12-11-15(3)21-5)16(4)19-10-7-17(13-14(19)2)20(24)22-18-8-9-18/h7,10,15-18,21H,6,8-9,11-13H2,1-5H3,(H,22,24). The van der Waals surface area contributed by atoms with E-state index in [4.69, 9.17) is 0 Å². The Kier molecular flexibility index (Phi) is 7.05. The van der Waals surface area contributed by atoms with Gasteiger partial charge in [0, 0.05) is 24.7 Å². The van der Waals surface area contributed by atoms with Crippen LogP contribution in [0.25, 0.3) is 0 Å². The first-order valence-electron chi connectivity index (χ1n) is 9.55. The first-order valence-corrected chi connectivity index (χ1v) is 9.55. The number of hydrogen-bond acceptors (Lipinski definition) is 3. The molecule has 1 amide bonds. The molecule has 3 unspecified atom stereocenters. The quantitative estimate of drug-likeness (QED) is 0.682. The van der Waals surface area contributed by atoms with Crippen LogP contribution in [0.4, 0.5) is 0 Å². The summed E-state index contributed by atoms with van der Waals surface area (Å²) in [5, 5.41) is 6.44. The van der Waals surface area contributed by atoms with Crippen LogP contribution in [0.5, 0.6) is 0 Å². The molecule has 2 aliphatic carbocycles. The number of allylic oxidation sites excluding steroid dienone is 1. The Morgan fingerprint density at radius 1 is 1.38 bits per heavy atom. The van der Waals surface area contributed by atoms with Gasteiger partial charge in [-0.05, 0) is 65.6 Å². The summed E-state index contributed by atoms with van der Waals surface area (Å²) in [6.45, 7) is 11.1. The fourth-order valence-electron chi connectivity index (χ4n) is 3.42. The van der Waals surface area contributed by atoms with Crippen LogP contribution in [0.15, 0.2) is 23.3 Å². The molecule has 1 fully saturated rings. The zero-order valence-electron chi connectivity index (χ0n) is 16.1. The molecule has 4 heteroatoms. The molecule has 4 nitrogen and oxygen atoms in total. The van der Waals surface area contributed by atoms with Crippen molar-refractivity contribution >= 4 is 5.91 Å². The molecule has 3 atom stereocenters. The van der Waals surface area contributed by atoms with E-state index in [1.54, 1.807) is 0 Å². The number of amides is 1. The molecule has 2 aliphatic rings. The van der Waals surface area contributed by atoms with Gasteiger partial charge in [-0.1, -0.05) is 24.6 Å². The minimum absolute atomic E-state index is 0.0148. The minimum atomic E-state index is 0.0148. The summed E-state index contributed by atoms with van der Waals surface area (Å²) in [4.78, 5) is 14.8. The molecule has 24 heavy (non-hydrogen) atoms. The van der Waals surface area contributed by atoms with E-state index in [1.165, 1.54) is 11.1 Å². The van der Waals surface area contributed by atoms with E-state index in [0.29, 0.717) is 18.1 Å². The molecule has 0 saturated heterocycles. The van der Waals surface area contributed by atoms with Gasteiger partial charge < -0.3 is 10.6 Å². The number of carbonyl (C=O) groups is 1. The van der Waals surface area contributed by atoms with E-state index in [9.17, 15) is 4.79 Å². The van der Waals surface area contributed by atoms with Gasteiger partial charge in [0.2, 0.25) is 5.91 Å². The smallest absolute Gasteiger partial charge is 0.227 e. The van der Waals surface area contributed by atoms with Crippen LogP contribution in [-0.2, 0) is 4.79 Å². The highest BCUT2D eigenvalue weighted by molar-refractivity contribution is 5.81. The van der Waals surface area contributed by atoms with E-state index in [-0.39, 0.29) is 11.8 Å². The summed E-state index contributed by atoms with van der Waals surface area (Å²) in [5.41, 5.74) is 2.76. The maximum atomic E-state index is 12.3. The van der Waals surface area contributed by atoms with Gasteiger partial charge >= 0.3 is 0 Å². The average molecular weight is 334 g/mol. The van der Waals surface area contributed by atoms with Crippen molar-refractivity contribution in [3.8, 4) is 0 Å². The van der Waals surface area contributed by atoms with E-state index in [1.807, 2.05) is 7.05 Å². The molecule has 0 aromatic rings. The van der Waals surface area contributed by atoms with E-state index < -0.39 is 0 Å². The second-order valence-corrected chi connectivity index (χ2v) is 7.47. The molecule has 0 aromatic carbocycles. The van der Waals surface area contributed by atoms with Crippen molar-refractivity contribution in [2.45, 2.75) is 71.5 Å². The number of nitrogens with zero attached hydrogens (tertiary/aromatic N) is 1. The van der Waals surface area contributed by atoms with Crippen LogP contribution < -0.4 is 10.6 Å². The fourth-order valence-corrected chi connectivity index (χ4v) is 3.42. The summed E-state index contributed by atoms with van der Waals surface area (Å²) in [6.07, 6.45) is 8.62. The second kappa shape index (κ2) is 8.82. The van der Waals surface area contributed by atoms with Crippen LogP contribution in [-0.4, -0.2) is 49.1 Å². The van der Waals surface area contributed by atoms with Gasteiger partial charge in [0.1, 0.15) is 0 Å². The van der Waals surface area contributed by atoms with Crippen molar-refractivity contribution in [2.24, 2.45) is 5.92 Å². The Hall–Kier alpha value is -1.13. The van der Waals surface area contributed by atoms with Crippen LogP contribution in [0, 0.1) is 5.92 Å². The topological polar surface area (TPSA) is 44.4 Å². The molecule has 0 heterocycles. The predicted octanol–water partition coefficient (Wildman–Crippen LogP) is 2.87. The Morgan fingerprint density at radius 3 is 2.62 bits per heavy atom. The predicted molar refractivity (Wildman–Crippen MR) is 101 cm³/mol. The van der Waals surface area contributed by atoms with E-state index in [2.05, 4.69) is 55.4 Å². The van der Waals surface area contributed by atoms with Gasteiger partial charge in [-0.3, -0.25) is 9.69 Å². The molecule has 136 valence electrons. The molecule has 0 radical (unpaired) electrons. The Labute approximate surface area is 147 Å². The highest BCUT2D eigenvalue weighted by atomic mass is 16.2. The Morgan fingerprint density at radius 2 is 2.08 bits per heavy atom. The highest BCUT2D eigenvalue weighted by Crippen LogP contribution is 2.29. The monoisotopic (exact) mass is 333 g/mol. The minimum Gasteiger partial charge on any atom is -0.353 e. The van der Waals surface area contributed by atoms with Gasteiger partial charge in [-0.25, -0.2) is 0 Å². The molecular weight excluding hydrogens is 298 g/mol. The number of nitrogens with one attached hydrogen (secondary N) is 2. The third-order valence-corrected chi connectivity index (χ3v) is 5.53. The summed E-state index contributed by atoms with van der Waals surface area (Å²) in [7, 11) is 2.02. The van der Waals surface area contributed by atoms with Gasteiger partial charge in [0.05, 0.1) is 5.92 Å². The molecular formula is C20H35N3O. The fraction of sp³-hybridized carbons (Fsp3) is 0.750. The van der Waals surface area contributed by atoms with Crippen LogP contribution >= 0.6 is 0 Å². The number of carbonyl (C=O) groups excluding carboxylic acids is 1. The summed E-state index contributed by atoms with van der Waals surface area (Å²) < 4.78 is 0. The molecule has 0 aromatic heterocycles. The molecule has 0 bridgehead atoms. The lowest BCUT2D eigenvalue weighted by atomic mass is 9.86. The van der Waals surface area contributed by atoms with Crippen molar-refractivity contribution in [3.05, 3.63) is 23.3 Å². The maximum absolute atomic E-state index is 12.3. The first-order chi connectivity index (χ1) is 11.5. The van der Waals surface area contributed by atoms with Crippen molar-refractivity contribution in [1.82, 2.24) is 15.5 Å². The van der Waals surface area contributed by atoms with E-state index in [0.717, 1.165) is 38.8 Å². The molecule has 0 spiro atoms. The SMILES string of the molecule is CCN(CCC(C)NC)C(C)C1=C(C)CC(C(=O)NC2CC2)C=C1. The zero-order valence-corrected chi connectivity index (χ0v) is 16.1. The van der Waals surface area contributed by atoms with Crippen LogP contribution in [0.3, 0.4) is 0 Å². The largest absolute Gasteiger partial charge is 0.353 e.